The van der Waals surface area contributed by atoms with Crippen LogP contribution in [0.3, 0.4) is 0 Å². The average Bonchev–Trinajstić information content (AvgIpc) is 3.07. The second-order valence-corrected chi connectivity index (χ2v) is 6.04. The highest BCUT2D eigenvalue weighted by Crippen LogP contribution is 2.36. The summed E-state index contributed by atoms with van der Waals surface area (Å²) >= 11 is 0. The van der Waals surface area contributed by atoms with Gasteiger partial charge in [-0.1, -0.05) is 12.1 Å². The lowest BCUT2D eigenvalue weighted by Gasteiger charge is -2.16. The third-order valence-electron chi connectivity index (χ3n) is 4.52. The van der Waals surface area contributed by atoms with Gasteiger partial charge in [-0.05, 0) is 36.4 Å². The second kappa shape index (κ2) is 5.44. The number of benzene rings is 2. The van der Waals surface area contributed by atoms with Crippen LogP contribution in [0.4, 0.5) is 10.1 Å². The molecule has 25 heavy (non-hydrogen) atoms. The molecule has 1 unspecified atom stereocenters. The lowest BCUT2D eigenvalue weighted by atomic mass is 10.0. The highest BCUT2D eigenvalue weighted by molar-refractivity contribution is 6.06. The van der Waals surface area contributed by atoms with Crippen LogP contribution in [-0.4, -0.2) is 28.3 Å². The van der Waals surface area contributed by atoms with Crippen LogP contribution in [0.2, 0.25) is 0 Å². The van der Waals surface area contributed by atoms with Gasteiger partial charge in [0.25, 0.3) is 0 Å². The van der Waals surface area contributed by atoms with Crippen molar-refractivity contribution >= 4 is 28.4 Å². The molecule has 2 aromatic carbocycles. The number of aromatic nitrogens is 1. The van der Waals surface area contributed by atoms with Gasteiger partial charge in [0.2, 0.25) is 11.8 Å². The molecule has 1 atom stereocenters. The van der Waals surface area contributed by atoms with Crippen molar-refractivity contribution in [1.29, 1.82) is 0 Å². The Hall–Kier alpha value is -3.15. The fraction of sp³-hybridized carbons (Fsp3) is 0.158. The SMILES string of the molecule is [2H]C1(c2cc3ccc(F)cc3n2-c2ccccc2N)CC(=O)N(C)C1=O. The predicted octanol–water partition coefficient (Wildman–Crippen LogP) is 2.82. The molecule has 1 aromatic heterocycles. The van der Waals surface area contributed by atoms with Crippen molar-refractivity contribution in [3.05, 3.63) is 60.0 Å². The fourth-order valence-electron chi connectivity index (χ4n) is 3.21. The lowest BCUT2D eigenvalue weighted by molar-refractivity contribution is -0.137. The fourth-order valence-corrected chi connectivity index (χ4v) is 3.21. The van der Waals surface area contributed by atoms with Crippen molar-refractivity contribution in [1.82, 2.24) is 9.47 Å². The molecular formula is C19H16FN3O2. The smallest absolute Gasteiger partial charge is 0.238 e. The van der Waals surface area contributed by atoms with Gasteiger partial charge in [0.15, 0.2) is 0 Å². The first-order chi connectivity index (χ1) is 12.3. The molecule has 4 rings (SSSR count). The maximum Gasteiger partial charge on any atom is 0.238 e. The second-order valence-electron chi connectivity index (χ2n) is 6.04. The first kappa shape index (κ1) is 14.2. The minimum absolute atomic E-state index is 0.270. The van der Waals surface area contributed by atoms with E-state index in [1.54, 1.807) is 41.0 Å². The van der Waals surface area contributed by atoms with Gasteiger partial charge in [-0.25, -0.2) is 4.39 Å². The summed E-state index contributed by atoms with van der Waals surface area (Å²) < 4.78 is 24.3. The Bertz CT molecular complexity index is 1080. The minimum atomic E-state index is -1.79. The molecule has 0 bridgehead atoms. The lowest BCUT2D eigenvalue weighted by Crippen LogP contribution is -2.25. The number of carbonyl (C=O) groups excluding carboxylic acids is 2. The average molecular weight is 338 g/mol. The number of nitrogens with two attached hydrogens (primary N) is 1. The summed E-state index contributed by atoms with van der Waals surface area (Å²) in [4.78, 5) is 25.7. The first-order valence-corrected chi connectivity index (χ1v) is 7.80. The van der Waals surface area contributed by atoms with Gasteiger partial charge in [0.1, 0.15) is 5.82 Å². The van der Waals surface area contributed by atoms with E-state index in [0.29, 0.717) is 28.0 Å². The summed E-state index contributed by atoms with van der Waals surface area (Å²) in [6.45, 7) is 0. The molecule has 1 aliphatic rings. The summed E-state index contributed by atoms with van der Waals surface area (Å²) in [6, 6.07) is 12.8. The van der Waals surface area contributed by atoms with Crippen LogP contribution in [0.25, 0.3) is 16.6 Å². The van der Waals surface area contributed by atoms with Crippen molar-refractivity contribution in [3.63, 3.8) is 0 Å². The van der Waals surface area contributed by atoms with E-state index >= 15 is 0 Å². The van der Waals surface area contributed by atoms with Crippen LogP contribution in [0.1, 0.15) is 19.4 Å². The van der Waals surface area contributed by atoms with Crippen molar-refractivity contribution < 1.29 is 15.4 Å². The molecule has 0 radical (unpaired) electrons. The van der Waals surface area contributed by atoms with E-state index < -0.39 is 23.5 Å². The minimum Gasteiger partial charge on any atom is -0.397 e. The summed E-state index contributed by atoms with van der Waals surface area (Å²) in [6.07, 6.45) is -0.270. The molecule has 2 N–H and O–H groups in total. The number of hydrogen-bond donors (Lipinski definition) is 1. The van der Waals surface area contributed by atoms with Crippen molar-refractivity contribution in [3.8, 4) is 5.69 Å². The van der Waals surface area contributed by atoms with Crippen LogP contribution in [-0.2, 0) is 9.59 Å². The van der Waals surface area contributed by atoms with Crippen LogP contribution >= 0.6 is 0 Å². The number of fused-ring (bicyclic) bond motifs is 1. The van der Waals surface area contributed by atoms with Gasteiger partial charge in [0.05, 0.1) is 22.8 Å². The highest BCUT2D eigenvalue weighted by Gasteiger charge is 2.39. The molecule has 1 saturated heterocycles. The van der Waals surface area contributed by atoms with E-state index in [9.17, 15) is 14.0 Å². The van der Waals surface area contributed by atoms with Crippen LogP contribution < -0.4 is 5.73 Å². The number of anilines is 1. The highest BCUT2D eigenvalue weighted by atomic mass is 19.1. The van der Waals surface area contributed by atoms with E-state index in [1.165, 1.54) is 19.2 Å². The Kier molecular flexibility index (Phi) is 3.09. The van der Waals surface area contributed by atoms with E-state index in [2.05, 4.69) is 0 Å². The number of halogens is 1. The first-order valence-electron chi connectivity index (χ1n) is 8.30. The summed E-state index contributed by atoms with van der Waals surface area (Å²) in [5.74, 6) is -3.26. The molecule has 126 valence electrons. The number of imide groups is 1. The Labute approximate surface area is 144 Å². The van der Waals surface area contributed by atoms with Gasteiger partial charge in [0, 0.05) is 25.9 Å². The molecule has 2 amide bonds. The van der Waals surface area contributed by atoms with Gasteiger partial charge in [-0.15, -0.1) is 0 Å². The van der Waals surface area contributed by atoms with Crippen LogP contribution in [0.5, 0.6) is 0 Å². The molecule has 3 aromatic rings. The van der Waals surface area contributed by atoms with Crippen molar-refractivity contribution in [2.45, 2.75) is 12.3 Å². The maximum absolute atomic E-state index is 13.9. The van der Waals surface area contributed by atoms with Crippen LogP contribution in [0, 0.1) is 5.82 Å². The number of amides is 2. The molecule has 2 heterocycles. The molecule has 0 aliphatic carbocycles. The van der Waals surface area contributed by atoms with Gasteiger partial charge >= 0.3 is 0 Å². The Balaban J connectivity index is 2.08. The van der Waals surface area contributed by atoms with Crippen molar-refractivity contribution in [2.24, 2.45) is 0 Å². The zero-order chi connectivity index (χ0) is 18.6. The number of likely N-dealkylation sites (N-methyl/N-ethyl adjacent to an activating group) is 1. The number of para-hydroxylation sites is 2. The Morgan fingerprint density at radius 2 is 1.96 bits per heavy atom. The zero-order valence-corrected chi connectivity index (χ0v) is 13.5. The number of likely N-dealkylation sites (tertiary alicyclic amines) is 1. The van der Waals surface area contributed by atoms with Gasteiger partial charge < -0.3 is 10.3 Å². The summed E-state index contributed by atoms with van der Waals surface area (Å²) in [5.41, 5.74) is 7.83. The molecule has 6 heteroatoms. The summed E-state index contributed by atoms with van der Waals surface area (Å²) in [5, 5.41) is 0.658. The number of nitrogen functional groups attached to an aromatic ring is 1. The van der Waals surface area contributed by atoms with Crippen molar-refractivity contribution in [2.75, 3.05) is 12.8 Å². The number of rotatable bonds is 2. The number of hydrogen-bond acceptors (Lipinski definition) is 3. The van der Waals surface area contributed by atoms with E-state index in [4.69, 9.17) is 7.10 Å². The molecule has 5 nitrogen and oxygen atoms in total. The maximum atomic E-state index is 13.9. The zero-order valence-electron chi connectivity index (χ0n) is 14.5. The quantitative estimate of drug-likeness (QED) is 0.577. The monoisotopic (exact) mass is 338 g/mol. The molecule has 0 spiro atoms. The van der Waals surface area contributed by atoms with E-state index in [-0.39, 0.29) is 6.42 Å². The molecule has 1 fully saturated rings. The Morgan fingerprint density at radius 3 is 2.64 bits per heavy atom. The normalized spacial score (nSPS) is 21.2. The third-order valence-corrected chi connectivity index (χ3v) is 4.52. The van der Waals surface area contributed by atoms with Gasteiger partial charge in [-0.3, -0.25) is 14.5 Å². The Morgan fingerprint density at radius 1 is 1.20 bits per heavy atom. The van der Waals surface area contributed by atoms with E-state index in [0.717, 1.165) is 4.90 Å². The largest absolute Gasteiger partial charge is 0.397 e. The van der Waals surface area contributed by atoms with E-state index in [1.807, 2.05) is 0 Å². The van der Waals surface area contributed by atoms with Gasteiger partial charge in [-0.2, -0.15) is 0 Å². The topological polar surface area (TPSA) is 68.3 Å². The third kappa shape index (κ3) is 2.29. The predicted molar refractivity (Wildman–Crippen MR) is 92.8 cm³/mol. The molecule has 1 aliphatic heterocycles. The van der Waals surface area contributed by atoms with Crippen LogP contribution in [0.15, 0.2) is 48.5 Å². The molecular weight excluding hydrogens is 321 g/mol. The number of nitrogens with zero attached hydrogens (tertiary/aromatic N) is 2. The summed E-state index contributed by atoms with van der Waals surface area (Å²) in [7, 11) is 1.37. The standard InChI is InChI=1S/C19H16FN3O2/c1-22-18(24)10-13(19(22)25)17-8-11-6-7-12(20)9-16(11)23(17)15-5-3-2-4-14(15)21/h2-9,13H,10,21H2,1H3/i13D. The number of carbonyl (C=O) groups is 2. The molecule has 0 saturated carbocycles.